The number of amides is 1. The molecule has 3 rings (SSSR count). The van der Waals surface area contributed by atoms with Gasteiger partial charge in [-0.3, -0.25) is 4.79 Å². The van der Waals surface area contributed by atoms with E-state index < -0.39 is 0 Å². The van der Waals surface area contributed by atoms with E-state index in [4.69, 9.17) is 0 Å². The Balaban J connectivity index is 1.85. The average molecular weight is 309 g/mol. The summed E-state index contributed by atoms with van der Waals surface area (Å²) in [6.45, 7) is 4.26. The van der Waals surface area contributed by atoms with Gasteiger partial charge in [-0.2, -0.15) is 0 Å². The number of carbonyl (C=O) groups excluding carboxylic acids is 1. The van der Waals surface area contributed by atoms with Crippen LogP contribution < -0.4 is 5.32 Å². The molecule has 0 aliphatic rings. The molecule has 3 heteroatoms. The van der Waals surface area contributed by atoms with Crippen molar-refractivity contribution in [1.29, 1.82) is 0 Å². The zero-order chi connectivity index (χ0) is 15.5. The van der Waals surface area contributed by atoms with Gasteiger partial charge < -0.3 is 5.32 Å². The quantitative estimate of drug-likeness (QED) is 0.719. The van der Waals surface area contributed by atoms with Crippen molar-refractivity contribution in [2.24, 2.45) is 5.92 Å². The number of benzene rings is 2. The first-order valence-corrected chi connectivity index (χ1v) is 8.36. The highest BCUT2D eigenvalue weighted by atomic mass is 32.1. The Bertz CT molecular complexity index is 777. The average Bonchev–Trinajstić information content (AvgIpc) is 3.05. The van der Waals surface area contributed by atoms with E-state index in [-0.39, 0.29) is 11.9 Å². The molecule has 0 saturated carbocycles. The van der Waals surface area contributed by atoms with Crippen LogP contribution in [0.5, 0.6) is 0 Å². The fourth-order valence-electron chi connectivity index (χ4n) is 2.59. The fourth-order valence-corrected chi connectivity index (χ4v) is 3.54. The number of nitrogens with one attached hydrogen (secondary N) is 1. The minimum Gasteiger partial charge on any atom is -0.344 e. The first-order chi connectivity index (χ1) is 10.6. The minimum absolute atomic E-state index is 0.0159. The number of rotatable bonds is 4. The predicted octanol–water partition coefficient (Wildman–Crippen LogP) is 5.03. The number of fused-ring (bicyclic) bond motifs is 1. The highest BCUT2D eigenvalue weighted by molar-refractivity contribution is 7.10. The second-order valence-electron chi connectivity index (χ2n) is 5.77. The molecule has 0 saturated heterocycles. The molecule has 1 N–H and O–H groups in total. The van der Waals surface area contributed by atoms with E-state index in [0.29, 0.717) is 11.5 Å². The summed E-state index contributed by atoms with van der Waals surface area (Å²) in [6, 6.07) is 18.1. The van der Waals surface area contributed by atoms with Gasteiger partial charge in [0.15, 0.2) is 0 Å². The molecule has 1 heterocycles. The van der Waals surface area contributed by atoms with Gasteiger partial charge in [-0.25, -0.2) is 0 Å². The summed E-state index contributed by atoms with van der Waals surface area (Å²) in [4.78, 5) is 13.8. The summed E-state index contributed by atoms with van der Waals surface area (Å²) in [7, 11) is 0. The zero-order valence-electron chi connectivity index (χ0n) is 12.7. The van der Waals surface area contributed by atoms with Crippen LogP contribution >= 0.6 is 11.3 Å². The first kappa shape index (κ1) is 14.8. The summed E-state index contributed by atoms with van der Waals surface area (Å²) in [5.74, 6) is 0.334. The fraction of sp³-hybridized carbons (Fsp3) is 0.211. The van der Waals surface area contributed by atoms with Gasteiger partial charge >= 0.3 is 0 Å². The molecule has 22 heavy (non-hydrogen) atoms. The third-order valence-corrected chi connectivity index (χ3v) is 4.77. The van der Waals surface area contributed by atoms with Crippen molar-refractivity contribution in [3.63, 3.8) is 0 Å². The van der Waals surface area contributed by atoms with Crippen LogP contribution in [0.2, 0.25) is 0 Å². The summed E-state index contributed by atoms with van der Waals surface area (Å²) in [5, 5.41) is 7.46. The lowest BCUT2D eigenvalue weighted by Gasteiger charge is -2.21. The second-order valence-corrected chi connectivity index (χ2v) is 6.75. The van der Waals surface area contributed by atoms with Crippen molar-refractivity contribution in [2.75, 3.05) is 0 Å². The first-order valence-electron chi connectivity index (χ1n) is 7.48. The van der Waals surface area contributed by atoms with Gasteiger partial charge in [0.05, 0.1) is 6.04 Å². The summed E-state index contributed by atoms with van der Waals surface area (Å²) in [5.41, 5.74) is 0.709. The molecular formula is C19H19NOS. The van der Waals surface area contributed by atoms with Gasteiger partial charge in [-0.1, -0.05) is 50.2 Å². The van der Waals surface area contributed by atoms with Crippen LogP contribution in [-0.2, 0) is 0 Å². The number of carbonyl (C=O) groups is 1. The zero-order valence-corrected chi connectivity index (χ0v) is 13.6. The van der Waals surface area contributed by atoms with E-state index in [1.165, 1.54) is 4.88 Å². The molecule has 0 spiro atoms. The molecule has 1 atom stereocenters. The van der Waals surface area contributed by atoms with Gasteiger partial charge in [0.25, 0.3) is 5.91 Å². The lowest BCUT2D eigenvalue weighted by atomic mass is 10.0. The largest absolute Gasteiger partial charge is 0.344 e. The predicted molar refractivity (Wildman–Crippen MR) is 93.3 cm³/mol. The van der Waals surface area contributed by atoms with Gasteiger partial charge in [-0.05, 0) is 40.3 Å². The number of hydrogen-bond donors (Lipinski definition) is 1. The molecule has 0 bridgehead atoms. The highest BCUT2D eigenvalue weighted by Crippen LogP contribution is 2.26. The Labute approximate surface area is 134 Å². The van der Waals surface area contributed by atoms with E-state index in [9.17, 15) is 4.79 Å². The molecule has 0 radical (unpaired) electrons. The van der Waals surface area contributed by atoms with E-state index >= 15 is 0 Å². The SMILES string of the molecule is CC(C)[C@@H](NC(=O)c1ccc2ccccc2c1)c1cccs1. The lowest BCUT2D eigenvalue weighted by Crippen LogP contribution is -2.31. The van der Waals surface area contributed by atoms with E-state index in [1.54, 1.807) is 11.3 Å². The monoisotopic (exact) mass is 309 g/mol. The van der Waals surface area contributed by atoms with Gasteiger partial charge in [0.1, 0.15) is 0 Å². The molecule has 0 fully saturated rings. The van der Waals surface area contributed by atoms with E-state index in [2.05, 4.69) is 31.3 Å². The maximum Gasteiger partial charge on any atom is 0.251 e. The van der Waals surface area contributed by atoms with E-state index in [0.717, 1.165) is 10.8 Å². The van der Waals surface area contributed by atoms with Crippen LogP contribution in [0, 0.1) is 5.92 Å². The Morgan fingerprint density at radius 3 is 2.45 bits per heavy atom. The van der Waals surface area contributed by atoms with Crippen molar-refractivity contribution in [3.05, 3.63) is 70.4 Å². The van der Waals surface area contributed by atoms with Gasteiger partial charge in [-0.15, -0.1) is 11.3 Å². The maximum absolute atomic E-state index is 12.6. The van der Waals surface area contributed by atoms with Crippen molar-refractivity contribution in [2.45, 2.75) is 19.9 Å². The van der Waals surface area contributed by atoms with Crippen molar-refractivity contribution < 1.29 is 4.79 Å². The molecule has 1 amide bonds. The molecular weight excluding hydrogens is 290 g/mol. The van der Waals surface area contributed by atoms with Gasteiger partial charge in [0, 0.05) is 10.4 Å². The lowest BCUT2D eigenvalue weighted by molar-refractivity contribution is 0.0926. The Kier molecular flexibility index (Phi) is 4.25. The Hall–Kier alpha value is -2.13. The highest BCUT2D eigenvalue weighted by Gasteiger charge is 2.20. The van der Waals surface area contributed by atoms with Crippen LogP contribution in [0.15, 0.2) is 60.0 Å². The molecule has 1 aromatic heterocycles. The van der Waals surface area contributed by atoms with Crippen LogP contribution in [-0.4, -0.2) is 5.91 Å². The standard InChI is InChI=1S/C19H19NOS/c1-13(2)18(17-8-5-11-22-17)20-19(21)16-10-9-14-6-3-4-7-15(14)12-16/h3-13,18H,1-2H3,(H,20,21)/t18-/m1/s1. The molecule has 3 aromatic rings. The van der Waals surface area contributed by atoms with Crippen LogP contribution in [0.4, 0.5) is 0 Å². The normalized spacial score (nSPS) is 12.5. The maximum atomic E-state index is 12.6. The molecule has 112 valence electrons. The van der Waals surface area contributed by atoms with Gasteiger partial charge in [0.2, 0.25) is 0 Å². The Morgan fingerprint density at radius 2 is 1.77 bits per heavy atom. The van der Waals surface area contributed by atoms with E-state index in [1.807, 2.05) is 47.8 Å². The third-order valence-electron chi connectivity index (χ3n) is 3.81. The summed E-state index contributed by atoms with van der Waals surface area (Å²) in [6.07, 6.45) is 0. The summed E-state index contributed by atoms with van der Waals surface area (Å²) >= 11 is 1.68. The number of hydrogen-bond acceptors (Lipinski definition) is 2. The van der Waals surface area contributed by atoms with Crippen LogP contribution in [0.3, 0.4) is 0 Å². The third kappa shape index (κ3) is 3.04. The molecule has 0 aliphatic carbocycles. The Morgan fingerprint density at radius 1 is 1.00 bits per heavy atom. The summed E-state index contributed by atoms with van der Waals surface area (Å²) < 4.78 is 0. The van der Waals surface area contributed by atoms with Crippen molar-refractivity contribution >= 4 is 28.0 Å². The van der Waals surface area contributed by atoms with Crippen LogP contribution in [0.25, 0.3) is 10.8 Å². The molecule has 2 nitrogen and oxygen atoms in total. The smallest absolute Gasteiger partial charge is 0.251 e. The number of thiophene rings is 1. The van der Waals surface area contributed by atoms with Crippen molar-refractivity contribution in [3.8, 4) is 0 Å². The topological polar surface area (TPSA) is 29.1 Å². The minimum atomic E-state index is -0.0159. The molecule has 2 aromatic carbocycles. The second kappa shape index (κ2) is 6.32. The van der Waals surface area contributed by atoms with Crippen molar-refractivity contribution in [1.82, 2.24) is 5.32 Å². The molecule has 0 aliphatic heterocycles. The molecule has 0 unspecified atom stereocenters. The van der Waals surface area contributed by atoms with Crippen LogP contribution in [0.1, 0.15) is 35.1 Å².